The number of aromatic nitrogens is 2. The van der Waals surface area contributed by atoms with E-state index in [4.69, 9.17) is 9.97 Å². The first-order chi connectivity index (χ1) is 26.1. The normalized spacial score (nSPS) is 12.9. The molecule has 0 N–H and O–H groups in total. The molecular weight excluding hydrogens is 657 g/mol. The molecule has 2 heterocycles. The van der Waals surface area contributed by atoms with Crippen LogP contribution in [0.5, 0.6) is 0 Å². The quantitative estimate of drug-likeness (QED) is 0.133. The van der Waals surface area contributed by atoms with Crippen molar-refractivity contribution in [3.05, 3.63) is 182 Å². The summed E-state index contributed by atoms with van der Waals surface area (Å²) in [7, 11) is -2.01. The molecule has 0 unspecified atom stereocenters. The third kappa shape index (κ3) is 5.00. The Bertz CT molecular complexity index is 2800. The lowest BCUT2D eigenvalue weighted by atomic mass is 9.86. The van der Waals surface area contributed by atoms with Crippen LogP contribution in [0, 0.1) is 0 Å². The molecular formula is C50H36N2Si. The van der Waals surface area contributed by atoms with Gasteiger partial charge in [-0.05, 0) is 71.4 Å². The van der Waals surface area contributed by atoms with Crippen LogP contribution in [0.15, 0.2) is 182 Å². The van der Waals surface area contributed by atoms with Crippen molar-refractivity contribution < 1.29 is 0 Å². The molecule has 53 heavy (non-hydrogen) atoms. The van der Waals surface area contributed by atoms with E-state index in [-0.39, 0.29) is 0 Å². The fourth-order valence-corrected chi connectivity index (χ4v) is 12.2. The van der Waals surface area contributed by atoms with Crippen LogP contribution in [0.25, 0.3) is 88.8 Å². The van der Waals surface area contributed by atoms with E-state index in [0.29, 0.717) is 5.82 Å². The Hall–Kier alpha value is -6.42. The van der Waals surface area contributed by atoms with E-state index in [1.165, 1.54) is 54.2 Å². The molecule has 250 valence electrons. The highest BCUT2D eigenvalue weighted by Gasteiger charge is 2.39. The molecule has 10 rings (SSSR count). The number of nitrogens with zero attached hydrogens (tertiary/aromatic N) is 2. The van der Waals surface area contributed by atoms with Gasteiger partial charge in [0, 0.05) is 16.7 Å². The smallest absolute Gasteiger partial charge is 0.161 e. The Morgan fingerprint density at radius 2 is 0.830 bits per heavy atom. The minimum absolute atomic E-state index is 0.712. The van der Waals surface area contributed by atoms with Crippen molar-refractivity contribution in [1.82, 2.24) is 9.97 Å². The van der Waals surface area contributed by atoms with Gasteiger partial charge in [-0.2, -0.15) is 0 Å². The molecule has 3 heteroatoms. The summed E-state index contributed by atoms with van der Waals surface area (Å²) in [5, 5.41) is 7.90. The highest BCUT2D eigenvalue weighted by molar-refractivity contribution is 7.04. The van der Waals surface area contributed by atoms with Crippen LogP contribution in [0.1, 0.15) is 0 Å². The molecule has 8 aromatic carbocycles. The minimum Gasteiger partial charge on any atom is -0.228 e. The van der Waals surface area contributed by atoms with Crippen molar-refractivity contribution in [3.8, 4) is 67.3 Å². The van der Waals surface area contributed by atoms with Gasteiger partial charge in [-0.1, -0.05) is 189 Å². The van der Waals surface area contributed by atoms with Crippen LogP contribution in [-0.4, -0.2) is 18.0 Å². The predicted molar refractivity (Wildman–Crippen MR) is 226 cm³/mol. The van der Waals surface area contributed by atoms with Crippen molar-refractivity contribution in [1.29, 1.82) is 0 Å². The molecule has 0 radical (unpaired) electrons. The molecule has 1 aliphatic heterocycles. The van der Waals surface area contributed by atoms with Crippen LogP contribution in [0.4, 0.5) is 0 Å². The number of benzene rings is 8. The summed E-state index contributed by atoms with van der Waals surface area (Å²) >= 11 is 0. The van der Waals surface area contributed by atoms with E-state index >= 15 is 0 Å². The van der Waals surface area contributed by atoms with Crippen LogP contribution < -0.4 is 10.4 Å². The van der Waals surface area contributed by atoms with Crippen LogP contribution >= 0.6 is 0 Å². The second kappa shape index (κ2) is 12.4. The Balaban J connectivity index is 1.28. The molecule has 0 atom stereocenters. The zero-order valence-electron chi connectivity index (χ0n) is 29.7. The highest BCUT2D eigenvalue weighted by Crippen LogP contribution is 2.45. The van der Waals surface area contributed by atoms with Crippen molar-refractivity contribution >= 4 is 40.0 Å². The van der Waals surface area contributed by atoms with Gasteiger partial charge in [-0.3, -0.25) is 0 Å². The van der Waals surface area contributed by atoms with Gasteiger partial charge in [0.15, 0.2) is 5.82 Å². The van der Waals surface area contributed by atoms with Gasteiger partial charge in [-0.15, -0.1) is 0 Å². The molecule has 1 aromatic heterocycles. The lowest BCUT2D eigenvalue weighted by Gasteiger charge is -2.25. The van der Waals surface area contributed by atoms with Gasteiger partial charge in [0.05, 0.1) is 11.4 Å². The summed E-state index contributed by atoms with van der Waals surface area (Å²) < 4.78 is 0. The summed E-state index contributed by atoms with van der Waals surface area (Å²) in [6, 6.07) is 65.6. The Labute approximate surface area is 311 Å². The molecule has 1 aliphatic rings. The molecule has 0 amide bonds. The van der Waals surface area contributed by atoms with Crippen LogP contribution in [-0.2, 0) is 0 Å². The first-order valence-corrected chi connectivity index (χ1v) is 21.3. The van der Waals surface area contributed by atoms with Crippen molar-refractivity contribution in [3.63, 3.8) is 0 Å². The number of hydrogen-bond acceptors (Lipinski definition) is 2. The molecule has 9 aromatic rings. The maximum absolute atomic E-state index is 5.49. The second-order valence-corrected chi connectivity index (χ2v) is 18.8. The number of rotatable bonds is 5. The van der Waals surface area contributed by atoms with Gasteiger partial charge >= 0.3 is 0 Å². The molecule has 2 nitrogen and oxygen atoms in total. The fourth-order valence-electron chi connectivity index (χ4n) is 8.75. The average molecular weight is 693 g/mol. The van der Waals surface area contributed by atoms with Gasteiger partial charge in [0.25, 0.3) is 0 Å². The number of fused-ring (bicyclic) bond motifs is 5. The topological polar surface area (TPSA) is 25.8 Å². The number of hydrogen-bond donors (Lipinski definition) is 0. The molecule has 0 saturated heterocycles. The molecule has 0 fully saturated rings. The first-order valence-electron chi connectivity index (χ1n) is 18.3. The van der Waals surface area contributed by atoms with Gasteiger partial charge in [0.2, 0.25) is 0 Å². The molecule has 0 saturated carbocycles. The summed E-state index contributed by atoms with van der Waals surface area (Å²) in [4.78, 5) is 10.8. The largest absolute Gasteiger partial charge is 0.228 e. The Morgan fingerprint density at radius 3 is 1.49 bits per heavy atom. The summed E-state index contributed by atoms with van der Waals surface area (Å²) in [6.07, 6.45) is 0. The van der Waals surface area contributed by atoms with E-state index in [0.717, 1.165) is 39.2 Å². The Morgan fingerprint density at radius 1 is 0.358 bits per heavy atom. The maximum atomic E-state index is 5.49. The first kappa shape index (κ1) is 31.3. The summed E-state index contributed by atoms with van der Waals surface area (Å²) in [5.41, 5.74) is 12.7. The SMILES string of the molecule is C[Si]1(C)c2ccccc2-c2cccc(-c3c4ccccc4c(-c4cc(-c5ccccc5)nc(-c5ccccc5-c5ccccc5)n4)c4ccccc34)c21. The third-order valence-electron chi connectivity index (χ3n) is 11.1. The zero-order valence-corrected chi connectivity index (χ0v) is 30.7. The van der Waals surface area contributed by atoms with E-state index in [9.17, 15) is 0 Å². The van der Waals surface area contributed by atoms with Crippen LogP contribution in [0.2, 0.25) is 13.1 Å². The lowest BCUT2D eigenvalue weighted by molar-refractivity contribution is 1.19. The minimum atomic E-state index is -2.01. The maximum Gasteiger partial charge on any atom is 0.161 e. The third-order valence-corrected chi connectivity index (χ3v) is 14.7. The lowest BCUT2D eigenvalue weighted by Crippen LogP contribution is -2.50. The Kier molecular flexibility index (Phi) is 7.31. The van der Waals surface area contributed by atoms with Gasteiger partial charge in [0.1, 0.15) is 8.07 Å². The molecule has 0 aliphatic carbocycles. The molecule has 0 bridgehead atoms. The van der Waals surface area contributed by atoms with Gasteiger partial charge in [-0.25, -0.2) is 9.97 Å². The second-order valence-electron chi connectivity index (χ2n) is 14.5. The van der Waals surface area contributed by atoms with E-state index in [2.05, 4.69) is 195 Å². The average Bonchev–Trinajstić information content (AvgIpc) is 3.46. The monoisotopic (exact) mass is 692 g/mol. The standard InChI is InChI=1S/C50H36N2Si/c1-53(2)46-31-16-15-23-36(46)41-29-17-30-43(49(41)53)47-37-24-10-12-26-39(37)48(40-27-13-11-25-38(40)47)45-32-44(34-20-7-4-8-21-34)51-50(52-45)42-28-14-9-22-35(42)33-18-5-3-6-19-33/h3-32H,1-2H3. The fraction of sp³-hybridized carbons (Fsp3) is 0.0400. The van der Waals surface area contributed by atoms with E-state index < -0.39 is 8.07 Å². The van der Waals surface area contributed by atoms with Crippen molar-refractivity contribution in [2.75, 3.05) is 0 Å². The molecule has 0 spiro atoms. The van der Waals surface area contributed by atoms with E-state index in [1.54, 1.807) is 0 Å². The summed E-state index contributed by atoms with van der Waals surface area (Å²) in [5.74, 6) is 0.712. The van der Waals surface area contributed by atoms with Crippen LogP contribution in [0.3, 0.4) is 0 Å². The van der Waals surface area contributed by atoms with Crippen molar-refractivity contribution in [2.45, 2.75) is 13.1 Å². The zero-order chi connectivity index (χ0) is 35.5. The predicted octanol–water partition coefficient (Wildman–Crippen LogP) is 11.9. The highest BCUT2D eigenvalue weighted by atomic mass is 28.3. The van der Waals surface area contributed by atoms with E-state index in [1.807, 2.05) is 0 Å². The van der Waals surface area contributed by atoms with Crippen molar-refractivity contribution in [2.24, 2.45) is 0 Å². The summed E-state index contributed by atoms with van der Waals surface area (Å²) in [6.45, 7) is 5.03. The van der Waals surface area contributed by atoms with Gasteiger partial charge < -0.3 is 0 Å².